The summed E-state index contributed by atoms with van der Waals surface area (Å²) in [6, 6.07) is 5.93. The first-order valence-corrected chi connectivity index (χ1v) is 8.09. The predicted octanol–water partition coefficient (Wildman–Crippen LogP) is 4.02. The van der Waals surface area contributed by atoms with E-state index in [0.29, 0.717) is 18.8 Å². The smallest absolute Gasteiger partial charge is 0.341 e. The van der Waals surface area contributed by atoms with Gasteiger partial charge in [-0.15, -0.1) is 0 Å². The molecule has 1 heterocycles. The summed E-state index contributed by atoms with van der Waals surface area (Å²) in [6.45, 7) is 8.82. The SMILES string of the molecule is CCOC(=O)c1cnc2ccc(OCC)cc2c1N[C@H](C)CC. The number of benzene rings is 1. The van der Waals surface area contributed by atoms with E-state index in [1.165, 1.54) is 0 Å². The number of rotatable bonds is 7. The number of anilines is 1. The molecule has 0 aliphatic rings. The van der Waals surface area contributed by atoms with Gasteiger partial charge in [0.1, 0.15) is 11.3 Å². The maximum absolute atomic E-state index is 12.3. The number of carbonyl (C=O) groups excluding carboxylic acids is 1. The topological polar surface area (TPSA) is 60.5 Å². The Morgan fingerprint density at radius 3 is 2.70 bits per heavy atom. The monoisotopic (exact) mass is 316 g/mol. The zero-order chi connectivity index (χ0) is 16.8. The number of nitrogens with one attached hydrogen (secondary N) is 1. The molecule has 1 aromatic carbocycles. The summed E-state index contributed by atoms with van der Waals surface area (Å²) in [5.41, 5.74) is 2.02. The second-order valence-corrected chi connectivity index (χ2v) is 5.33. The van der Waals surface area contributed by atoms with Crippen molar-refractivity contribution >= 4 is 22.6 Å². The first-order valence-electron chi connectivity index (χ1n) is 8.09. The minimum absolute atomic E-state index is 0.226. The number of esters is 1. The average molecular weight is 316 g/mol. The van der Waals surface area contributed by atoms with Crippen LogP contribution in [0, 0.1) is 0 Å². The Bertz CT molecular complexity index is 685. The molecule has 5 nitrogen and oxygen atoms in total. The first kappa shape index (κ1) is 17.1. The van der Waals surface area contributed by atoms with Gasteiger partial charge in [0.25, 0.3) is 0 Å². The molecule has 0 saturated heterocycles. The summed E-state index contributed by atoms with van der Waals surface area (Å²) in [5, 5.41) is 4.28. The predicted molar refractivity (Wildman–Crippen MR) is 92.2 cm³/mol. The molecule has 1 atom stereocenters. The van der Waals surface area contributed by atoms with Gasteiger partial charge in [0.05, 0.1) is 24.4 Å². The van der Waals surface area contributed by atoms with Crippen LogP contribution in [0.5, 0.6) is 5.75 Å². The Morgan fingerprint density at radius 1 is 1.26 bits per heavy atom. The molecule has 5 heteroatoms. The van der Waals surface area contributed by atoms with Gasteiger partial charge in [0.2, 0.25) is 0 Å². The molecule has 0 spiro atoms. The van der Waals surface area contributed by atoms with Crippen LogP contribution in [0.3, 0.4) is 0 Å². The van der Waals surface area contributed by atoms with Crippen LogP contribution in [0.4, 0.5) is 5.69 Å². The van der Waals surface area contributed by atoms with Crippen molar-refractivity contribution in [3.8, 4) is 5.75 Å². The van der Waals surface area contributed by atoms with Gasteiger partial charge < -0.3 is 14.8 Å². The summed E-state index contributed by atoms with van der Waals surface area (Å²) in [5.74, 6) is 0.393. The van der Waals surface area contributed by atoms with Crippen LogP contribution in [-0.2, 0) is 4.74 Å². The van der Waals surface area contributed by atoms with Gasteiger partial charge in [-0.2, -0.15) is 0 Å². The molecule has 23 heavy (non-hydrogen) atoms. The molecule has 0 aliphatic carbocycles. The fourth-order valence-electron chi connectivity index (χ4n) is 2.30. The lowest BCUT2D eigenvalue weighted by molar-refractivity contribution is 0.0527. The molecule has 0 aliphatic heterocycles. The number of nitrogens with zero attached hydrogens (tertiary/aromatic N) is 1. The third-order valence-electron chi connectivity index (χ3n) is 3.65. The molecule has 0 unspecified atom stereocenters. The lowest BCUT2D eigenvalue weighted by Gasteiger charge is -2.18. The molecule has 0 bridgehead atoms. The number of hydrogen-bond donors (Lipinski definition) is 1. The number of carbonyl (C=O) groups is 1. The Balaban J connectivity index is 2.59. The summed E-state index contributed by atoms with van der Waals surface area (Å²) in [4.78, 5) is 16.6. The maximum Gasteiger partial charge on any atom is 0.341 e. The van der Waals surface area contributed by atoms with E-state index in [1.807, 2.05) is 25.1 Å². The molecule has 2 rings (SSSR count). The van der Waals surface area contributed by atoms with Gasteiger partial charge in [-0.1, -0.05) is 6.92 Å². The lowest BCUT2D eigenvalue weighted by Crippen LogP contribution is -2.18. The van der Waals surface area contributed by atoms with Crippen molar-refractivity contribution in [2.24, 2.45) is 0 Å². The standard InChI is InChI=1S/C18H24N2O3/c1-5-12(4)20-17-14-10-13(22-6-2)8-9-16(14)19-11-15(17)18(21)23-7-3/h8-12H,5-7H2,1-4H3,(H,19,20)/t12-/m1/s1. The van der Waals surface area contributed by atoms with E-state index in [2.05, 4.69) is 24.1 Å². The van der Waals surface area contributed by atoms with E-state index in [0.717, 1.165) is 28.8 Å². The van der Waals surface area contributed by atoms with E-state index in [1.54, 1.807) is 13.1 Å². The second kappa shape index (κ2) is 7.81. The van der Waals surface area contributed by atoms with Gasteiger partial charge in [-0.05, 0) is 45.4 Å². The number of pyridine rings is 1. The van der Waals surface area contributed by atoms with E-state index in [9.17, 15) is 4.79 Å². The van der Waals surface area contributed by atoms with Crippen LogP contribution < -0.4 is 10.1 Å². The summed E-state index contributed by atoms with van der Waals surface area (Å²) >= 11 is 0. The molecule has 0 fully saturated rings. The molecule has 1 aromatic heterocycles. The Hall–Kier alpha value is -2.30. The molecule has 0 saturated carbocycles. The first-order chi connectivity index (χ1) is 11.1. The van der Waals surface area contributed by atoms with Crippen LogP contribution in [0.2, 0.25) is 0 Å². The molecule has 124 valence electrons. The van der Waals surface area contributed by atoms with E-state index in [4.69, 9.17) is 9.47 Å². The van der Waals surface area contributed by atoms with Gasteiger partial charge in [-0.25, -0.2) is 4.79 Å². The van der Waals surface area contributed by atoms with Gasteiger partial charge >= 0.3 is 5.97 Å². The Morgan fingerprint density at radius 2 is 2.04 bits per heavy atom. The van der Waals surface area contributed by atoms with E-state index < -0.39 is 0 Å². The molecule has 2 aromatic rings. The number of aromatic nitrogens is 1. The van der Waals surface area contributed by atoms with Crippen molar-refractivity contribution in [1.29, 1.82) is 0 Å². The van der Waals surface area contributed by atoms with E-state index >= 15 is 0 Å². The minimum atomic E-state index is -0.366. The Kier molecular flexibility index (Phi) is 5.79. The number of hydrogen-bond acceptors (Lipinski definition) is 5. The number of fused-ring (bicyclic) bond motifs is 1. The summed E-state index contributed by atoms with van der Waals surface area (Å²) in [6.07, 6.45) is 2.52. The van der Waals surface area contributed by atoms with Gasteiger partial charge in [0.15, 0.2) is 0 Å². The van der Waals surface area contributed by atoms with Gasteiger partial charge in [0, 0.05) is 17.6 Å². The van der Waals surface area contributed by atoms with E-state index in [-0.39, 0.29) is 12.0 Å². The average Bonchev–Trinajstić information content (AvgIpc) is 2.55. The molecular formula is C18H24N2O3. The van der Waals surface area contributed by atoms with Crippen LogP contribution in [0.25, 0.3) is 10.9 Å². The second-order valence-electron chi connectivity index (χ2n) is 5.33. The third-order valence-corrected chi connectivity index (χ3v) is 3.65. The highest BCUT2D eigenvalue weighted by atomic mass is 16.5. The Labute approximate surface area is 137 Å². The van der Waals surface area contributed by atoms with Gasteiger partial charge in [-0.3, -0.25) is 4.98 Å². The number of ether oxygens (including phenoxy) is 2. The maximum atomic E-state index is 12.3. The lowest BCUT2D eigenvalue weighted by atomic mass is 10.1. The van der Waals surface area contributed by atoms with Crippen LogP contribution in [-0.4, -0.2) is 30.2 Å². The minimum Gasteiger partial charge on any atom is -0.494 e. The zero-order valence-electron chi connectivity index (χ0n) is 14.2. The third kappa shape index (κ3) is 3.92. The van der Waals surface area contributed by atoms with Crippen molar-refractivity contribution in [3.05, 3.63) is 30.0 Å². The van der Waals surface area contributed by atoms with Crippen molar-refractivity contribution in [3.63, 3.8) is 0 Å². The highest BCUT2D eigenvalue weighted by Crippen LogP contribution is 2.30. The highest BCUT2D eigenvalue weighted by Gasteiger charge is 2.18. The molecule has 1 N–H and O–H groups in total. The quantitative estimate of drug-likeness (QED) is 0.782. The van der Waals surface area contributed by atoms with Crippen LogP contribution in [0.1, 0.15) is 44.5 Å². The fraction of sp³-hybridized carbons (Fsp3) is 0.444. The largest absolute Gasteiger partial charge is 0.494 e. The molecular weight excluding hydrogens is 292 g/mol. The van der Waals surface area contributed by atoms with Crippen molar-refractivity contribution in [1.82, 2.24) is 4.98 Å². The molecule has 0 radical (unpaired) electrons. The van der Waals surface area contributed by atoms with Crippen molar-refractivity contribution < 1.29 is 14.3 Å². The summed E-state index contributed by atoms with van der Waals surface area (Å²) in [7, 11) is 0. The zero-order valence-corrected chi connectivity index (χ0v) is 14.2. The normalized spacial score (nSPS) is 12.0. The van der Waals surface area contributed by atoms with Crippen molar-refractivity contribution in [2.45, 2.75) is 40.2 Å². The highest BCUT2D eigenvalue weighted by molar-refractivity contribution is 6.05. The van der Waals surface area contributed by atoms with Crippen LogP contribution >= 0.6 is 0 Å². The molecule has 0 amide bonds. The van der Waals surface area contributed by atoms with Crippen molar-refractivity contribution in [2.75, 3.05) is 18.5 Å². The summed E-state index contributed by atoms with van der Waals surface area (Å²) < 4.78 is 10.7. The fourth-order valence-corrected chi connectivity index (χ4v) is 2.30. The van der Waals surface area contributed by atoms with Crippen LogP contribution in [0.15, 0.2) is 24.4 Å².